The van der Waals surface area contributed by atoms with Crippen LogP contribution in [0.15, 0.2) is 65.8 Å². The van der Waals surface area contributed by atoms with Gasteiger partial charge in [-0.2, -0.15) is 5.10 Å². The molecule has 0 atom stereocenters. The summed E-state index contributed by atoms with van der Waals surface area (Å²) in [6, 6.07) is 19.7. The Labute approximate surface area is 176 Å². The lowest BCUT2D eigenvalue weighted by molar-refractivity contribution is -0.125. The first-order valence-electron chi connectivity index (χ1n) is 9.87. The van der Waals surface area contributed by atoms with Crippen molar-refractivity contribution in [2.75, 3.05) is 13.2 Å². The van der Waals surface area contributed by atoms with E-state index >= 15 is 0 Å². The lowest BCUT2D eigenvalue weighted by Gasteiger charge is -2.08. The van der Waals surface area contributed by atoms with Crippen LogP contribution in [0.3, 0.4) is 0 Å². The van der Waals surface area contributed by atoms with Gasteiger partial charge in [0.2, 0.25) is 0 Å². The van der Waals surface area contributed by atoms with Gasteiger partial charge in [-0.1, -0.05) is 53.7 Å². The second-order valence-electron chi connectivity index (χ2n) is 7.12. The third kappa shape index (κ3) is 6.20. The predicted molar refractivity (Wildman–Crippen MR) is 117 cm³/mol. The van der Waals surface area contributed by atoms with E-state index in [9.17, 15) is 4.79 Å². The van der Waals surface area contributed by atoms with Crippen LogP contribution in [0.2, 0.25) is 0 Å². The van der Waals surface area contributed by atoms with Crippen molar-refractivity contribution < 1.29 is 9.63 Å². The predicted octanol–water partition coefficient (Wildman–Crippen LogP) is 2.54. The van der Waals surface area contributed by atoms with Gasteiger partial charge in [0.1, 0.15) is 0 Å². The maximum absolute atomic E-state index is 11.9. The van der Waals surface area contributed by atoms with Crippen molar-refractivity contribution in [3.63, 3.8) is 0 Å². The summed E-state index contributed by atoms with van der Waals surface area (Å²) in [5, 5.41) is 11.2. The molecule has 0 bridgehead atoms. The Morgan fingerprint density at radius 1 is 1.10 bits per heavy atom. The molecule has 7 heteroatoms. The highest BCUT2D eigenvalue weighted by Crippen LogP contribution is 2.10. The van der Waals surface area contributed by atoms with Gasteiger partial charge >= 0.3 is 0 Å². The van der Waals surface area contributed by atoms with Crippen LogP contribution in [0.5, 0.6) is 0 Å². The zero-order valence-corrected chi connectivity index (χ0v) is 17.3. The number of nitrogens with two attached hydrogens (primary N) is 1. The minimum Gasteiger partial charge on any atom is -0.384 e. The minimum absolute atomic E-state index is 0.180. The molecule has 1 heterocycles. The van der Waals surface area contributed by atoms with E-state index in [-0.39, 0.29) is 18.3 Å². The van der Waals surface area contributed by atoms with E-state index in [1.807, 2.05) is 79.2 Å². The first-order valence-corrected chi connectivity index (χ1v) is 9.87. The SMILES string of the molecule is Cc1cc(C)n(Cc2cccc(/C(N)=N/OCC(=O)NCCc3ccccc3)c2)n1. The minimum atomic E-state index is -0.235. The smallest absolute Gasteiger partial charge is 0.260 e. The van der Waals surface area contributed by atoms with Crippen LogP contribution in [0.1, 0.15) is 28.1 Å². The topological polar surface area (TPSA) is 94.5 Å². The zero-order chi connectivity index (χ0) is 21.3. The Morgan fingerprint density at radius 2 is 1.87 bits per heavy atom. The summed E-state index contributed by atoms with van der Waals surface area (Å²) in [6.07, 6.45) is 0.764. The van der Waals surface area contributed by atoms with Gasteiger partial charge in [-0.15, -0.1) is 0 Å². The molecule has 156 valence electrons. The number of nitrogens with one attached hydrogen (secondary N) is 1. The highest BCUT2D eigenvalue weighted by atomic mass is 16.6. The van der Waals surface area contributed by atoms with E-state index in [4.69, 9.17) is 10.6 Å². The van der Waals surface area contributed by atoms with Gasteiger partial charge < -0.3 is 15.9 Å². The Balaban J connectivity index is 1.48. The molecule has 0 aliphatic heterocycles. The third-order valence-corrected chi connectivity index (χ3v) is 4.60. The van der Waals surface area contributed by atoms with E-state index in [2.05, 4.69) is 15.6 Å². The molecular weight excluding hydrogens is 378 g/mol. The number of aromatic nitrogens is 2. The monoisotopic (exact) mass is 405 g/mol. The van der Waals surface area contributed by atoms with Gasteiger partial charge in [-0.3, -0.25) is 9.48 Å². The molecule has 0 aliphatic carbocycles. The summed E-state index contributed by atoms with van der Waals surface area (Å²) in [6.45, 7) is 5.00. The molecule has 0 saturated heterocycles. The van der Waals surface area contributed by atoms with Crippen molar-refractivity contribution in [2.45, 2.75) is 26.8 Å². The van der Waals surface area contributed by atoms with E-state index in [0.717, 1.165) is 28.9 Å². The average molecular weight is 406 g/mol. The molecule has 3 N–H and O–H groups in total. The van der Waals surface area contributed by atoms with Gasteiger partial charge in [0.15, 0.2) is 12.4 Å². The number of rotatable bonds is 9. The highest BCUT2D eigenvalue weighted by molar-refractivity contribution is 5.97. The largest absolute Gasteiger partial charge is 0.384 e. The molecule has 0 saturated carbocycles. The van der Waals surface area contributed by atoms with Gasteiger partial charge in [0.25, 0.3) is 5.91 Å². The van der Waals surface area contributed by atoms with Gasteiger partial charge in [0.05, 0.1) is 12.2 Å². The number of amidine groups is 1. The average Bonchev–Trinajstić information content (AvgIpc) is 3.05. The molecule has 30 heavy (non-hydrogen) atoms. The van der Waals surface area contributed by atoms with E-state index in [0.29, 0.717) is 13.1 Å². The summed E-state index contributed by atoms with van der Waals surface area (Å²) in [4.78, 5) is 17.0. The first kappa shape index (κ1) is 21.1. The number of nitrogens with zero attached hydrogens (tertiary/aromatic N) is 3. The molecule has 3 rings (SSSR count). The van der Waals surface area contributed by atoms with Crippen molar-refractivity contribution >= 4 is 11.7 Å². The summed E-state index contributed by atoms with van der Waals surface area (Å²) >= 11 is 0. The zero-order valence-electron chi connectivity index (χ0n) is 17.3. The fourth-order valence-corrected chi connectivity index (χ4v) is 3.09. The van der Waals surface area contributed by atoms with Crippen LogP contribution in [-0.4, -0.2) is 34.7 Å². The molecule has 2 aromatic carbocycles. The second-order valence-corrected chi connectivity index (χ2v) is 7.12. The molecule has 0 aliphatic rings. The van der Waals surface area contributed by atoms with Gasteiger partial charge in [-0.25, -0.2) is 0 Å². The van der Waals surface area contributed by atoms with E-state index < -0.39 is 0 Å². The second kappa shape index (κ2) is 10.2. The van der Waals surface area contributed by atoms with Crippen molar-refractivity contribution in [3.8, 4) is 0 Å². The molecule has 0 spiro atoms. The molecule has 0 radical (unpaired) electrons. The van der Waals surface area contributed by atoms with Crippen molar-refractivity contribution in [2.24, 2.45) is 10.9 Å². The van der Waals surface area contributed by atoms with Crippen molar-refractivity contribution in [1.82, 2.24) is 15.1 Å². The normalized spacial score (nSPS) is 11.3. The number of amides is 1. The number of aryl methyl sites for hydroxylation is 2. The van der Waals surface area contributed by atoms with Crippen LogP contribution in [0.4, 0.5) is 0 Å². The maximum Gasteiger partial charge on any atom is 0.260 e. The Kier molecular flexibility index (Phi) is 7.21. The summed E-state index contributed by atoms with van der Waals surface area (Å²) in [5.41, 5.74) is 11.1. The Bertz CT molecular complexity index is 1010. The highest BCUT2D eigenvalue weighted by Gasteiger charge is 2.06. The fourth-order valence-electron chi connectivity index (χ4n) is 3.09. The third-order valence-electron chi connectivity index (χ3n) is 4.60. The van der Waals surface area contributed by atoms with Crippen LogP contribution in [-0.2, 0) is 22.6 Å². The van der Waals surface area contributed by atoms with E-state index in [1.165, 1.54) is 5.56 Å². The number of hydrogen-bond acceptors (Lipinski definition) is 4. The van der Waals surface area contributed by atoms with Gasteiger partial charge in [-0.05, 0) is 43.5 Å². The number of carbonyl (C=O) groups excluding carboxylic acids is 1. The summed E-state index contributed by atoms with van der Waals surface area (Å²) in [5.74, 6) is -0.0111. The van der Waals surface area contributed by atoms with Crippen LogP contribution in [0, 0.1) is 13.8 Å². The molecule has 0 fully saturated rings. The Hall–Kier alpha value is -3.61. The van der Waals surface area contributed by atoms with Crippen LogP contribution >= 0.6 is 0 Å². The molecular formula is C23H27N5O2. The number of oxime groups is 1. The lowest BCUT2D eigenvalue weighted by atomic mass is 10.1. The first-order chi connectivity index (χ1) is 14.5. The standard InChI is InChI=1S/C23H27N5O2/c1-17-13-18(2)28(26-17)15-20-9-6-10-21(14-20)23(24)27-30-16-22(29)25-12-11-19-7-4-3-5-8-19/h3-10,13-14H,11-12,15-16H2,1-2H3,(H2,24,27)(H,25,29). The molecule has 7 nitrogen and oxygen atoms in total. The quantitative estimate of drug-likeness (QED) is 0.325. The lowest BCUT2D eigenvalue weighted by Crippen LogP contribution is -2.29. The molecule has 3 aromatic rings. The Morgan fingerprint density at radius 3 is 2.60 bits per heavy atom. The number of hydrogen-bond donors (Lipinski definition) is 2. The van der Waals surface area contributed by atoms with E-state index in [1.54, 1.807) is 0 Å². The van der Waals surface area contributed by atoms with Crippen molar-refractivity contribution in [1.29, 1.82) is 0 Å². The number of carbonyl (C=O) groups is 1. The summed E-state index contributed by atoms with van der Waals surface area (Å²) in [7, 11) is 0. The van der Waals surface area contributed by atoms with Crippen molar-refractivity contribution in [3.05, 3.63) is 88.7 Å². The maximum atomic E-state index is 11.9. The van der Waals surface area contributed by atoms with Gasteiger partial charge in [0, 0.05) is 17.8 Å². The van der Waals surface area contributed by atoms with Crippen LogP contribution in [0.25, 0.3) is 0 Å². The molecule has 1 amide bonds. The van der Waals surface area contributed by atoms with Crippen LogP contribution < -0.4 is 11.1 Å². The fraction of sp³-hybridized carbons (Fsp3) is 0.261. The molecule has 1 aromatic heterocycles. The molecule has 0 unspecified atom stereocenters. The number of benzene rings is 2. The summed E-state index contributed by atoms with van der Waals surface area (Å²) < 4.78 is 1.94.